The van der Waals surface area contributed by atoms with Gasteiger partial charge in [0.25, 0.3) is 0 Å². The number of carbonyl (C=O) groups excluding carboxylic acids is 4. The van der Waals surface area contributed by atoms with Gasteiger partial charge in [0.2, 0.25) is 11.8 Å². The number of carbonyl (C=O) groups is 4. The fourth-order valence-electron chi connectivity index (χ4n) is 4.48. The number of rotatable bonds is 14. The molecule has 0 unspecified atom stereocenters. The van der Waals surface area contributed by atoms with Crippen LogP contribution in [0.4, 0.5) is 4.79 Å². The second-order valence-electron chi connectivity index (χ2n) is 10.6. The van der Waals surface area contributed by atoms with E-state index in [1.165, 1.54) is 6.92 Å². The van der Waals surface area contributed by atoms with Crippen LogP contribution < -0.4 is 16.0 Å². The lowest BCUT2D eigenvalue weighted by molar-refractivity contribution is -0.133. The zero-order valence-corrected chi connectivity index (χ0v) is 23.9. The normalized spacial score (nSPS) is 17.7. The van der Waals surface area contributed by atoms with Gasteiger partial charge in [-0.1, -0.05) is 91.0 Å². The van der Waals surface area contributed by atoms with Gasteiger partial charge in [-0.2, -0.15) is 0 Å². The highest BCUT2D eigenvalue weighted by atomic mass is 16.6. The molecule has 3 aromatic rings. The maximum Gasteiger partial charge on any atom is 0.408 e. The minimum Gasteiger partial charge on any atom is -0.445 e. The Morgan fingerprint density at radius 3 is 1.86 bits per heavy atom. The Balaban J connectivity index is 1.41. The van der Waals surface area contributed by atoms with E-state index >= 15 is 0 Å². The number of alkyl carbamates (subject to hydrolysis) is 1. The predicted octanol–water partition coefficient (Wildman–Crippen LogP) is 3.50. The molecule has 1 aliphatic rings. The first-order chi connectivity index (χ1) is 20.2. The number of nitrogens with one attached hydrogen (secondary N) is 3. The van der Waals surface area contributed by atoms with Crippen LogP contribution in [0, 0.1) is 0 Å². The van der Waals surface area contributed by atoms with Crippen LogP contribution in [0.5, 0.6) is 0 Å². The first kappa shape index (κ1) is 30.5. The number of Topliss-reactive ketones (excluding diaryl/α,β-unsaturated/α-hetero) is 1. The lowest BCUT2D eigenvalue weighted by Gasteiger charge is -2.25. The van der Waals surface area contributed by atoms with E-state index in [2.05, 4.69) is 16.0 Å². The van der Waals surface area contributed by atoms with Gasteiger partial charge in [-0.05, 0) is 43.4 Å². The molecule has 3 N–H and O–H groups in total. The number of epoxide rings is 1. The van der Waals surface area contributed by atoms with Crippen molar-refractivity contribution in [3.63, 3.8) is 0 Å². The fraction of sp³-hybridized carbons (Fsp3) is 0.333. The molecule has 4 rings (SSSR count). The second kappa shape index (κ2) is 14.4. The Morgan fingerprint density at radius 1 is 0.762 bits per heavy atom. The van der Waals surface area contributed by atoms with Crippen LogP contribution in [0.15, 0.2) is 91.0 Å². The molecule has 42 heavy (non-hydrogen) atoms. The summed E-state index contributed by atoms with van der Waals surface area (Å²) in [5.41, 5.74) is 1.75. The summed E-state index contributed by atoms with van der Waals surface area (Å²) in [7, 11) is 0. The summed E-state index contributed by atoms with van der Waals surface area (Å²) >= 11 is 0. The Hall–Kier alpha value is -4.50. The van der Waals surface area contributed by atoms with Gasteiger partial charge in [-0.3, -0.25) is 14.4 Å². The largest absolute Gasteiger partial charge is 0.445 e. The Bertz CT molecular complexity index is 1350. The highest BCUT2D eigenvalue weighted by Crippen LogP contribution is 2.29. The van der Waals surface area contributed by atoms with Crippen LogP contribution in [0.1, 0.15) is 37.0 Å². The highest BCUT2D eigenvalue weighted by molar-refractivity contribution is 5.98. The second-order valence-corrected chi connectivity index (χ2v) is 10.6. The van der Waals surface area contributed by atoms with Gasteiger partial charge in [0.05, 0.1) is 12.6 Å². The lowest BCUT2D eigenvalue weighted by atomic mass is 9.94. The van der Waals surface area contributed by atoms with Crippen LogP contribution in [0.3, 0.4) is 0 Å². The van der Waals surface area contributed by atoms with Gasteiger partial charge >= 0.3 is 6.09 Å². The van der Waals surface area contributed by atoms with Crippen molar-refractivity contribution in [2.75, 3.05) is 6.61 Å². The number of hydrogen-bond donors (Lipinski definition) is 3. The molecule has 0 bridgehead atoms. The van der Waals surface area contributed by atoms with Crippen LogP contribution >= 0.6 is 0 Å². The molecule has 0 radical (unpaired) electrons. The third-order valence-electron chi connectivity index (χ3n) is 7.15. The van der Waals surface area contributed by atoms with Crippen LogP contribution in [0.2, 0.25) is 0 Å². The van der Waals surface area contributed by atoms with E-state index in [1.807, 2.05) is 91.0 Å². The highest BCUT2D eigenvalue weighted by Gasteiger charge is 2.50. The van der Waals surface area contributed by atoms with E-state index < -0.39 is 41.6 Å². The molecule has 4 atom stereocenters. The molecule has 9 nitrogen and oxygen atoms in total. The quantitative estimate of drug-likeness (QED) is 0.254. The molecule has 3 amide bonds. The molecule has 1 aliphatic heterocycles. The molecule has 0 aliphatic carbocycles. The summed E-state index contributed by atoms with van der Waals surface area (Å²) in [5, 5.41) is 8.14. The third-order valence-corrected chi connectivity index (χ3v) is 7.15. The Morgan fingerprint density at radius 2 is 1.29 bits per heavy atom. The molecule has 1 saturated heterocycles. The van der Waals surface area contributed by atoms with Crippen LogP contribution in [0.25, 0.3) is 0 Å². The lowest BCUT2D eigenvalue weighted by Crippen LogP contribution is -2.56. The van der Waals surface area contributed by atoms with Crippen LogP contribution in [-0.4, -0.2) is 54.0 Å². The standard InChI is InChI=1S/C33H37N3O6/c1-23(34-32(40)41-21-26-16-10-5-11-17-26)30(38)36-28(20-25-14-8-4-9-15-25)31(39)35-27(29(37)33(2)22-42-33)19-18-24-12-6-3-7-13-24/h3-17,23,27-28H,18-22H2,1-2H3,(H,34,40)(H,35,39)(H,36,38)/t23-,27-,28-,33+/m0/s1. The molecular formula is C33H37N3O6. The number of aryl methyl sites for hydroxylation is 1. The predicted molar refractivity (Wildman–Crippen MR) is 157 cm³/mol. The first-order valence-electron chi connectivity index (χ1n) is 14.1. The molecule has 1 fully saturated rings. The third kappa shape index (κ3) is 9.01. The van der Waals surface area contributed by atoms with Crippen molar-refractivity contribution in [1.82, 2.24) is 16.0 Å². The minimum absolute atomic E-state index is 0.0566. The molecule has 0 spiro atoms. The molecule has 220 valence electrons. The van der Waals surface area contributed by atoms with Gasteiger partial charge in [0.1, 0.15) is 24.3 Å². The van der Waals surface area contributed by atoms with Crippen molar-refractivity contribution in [1.29, 1.82) is 0 Å². The number of ether oxygens (including phenoxy) is 2. The van der Waals surface area contributed by atoms with E-state index in [1.54, 1.807) is 6.92 Å². The molecule has 0 saturated carbocycles. The molecule has 1 heterocycles. The van der Waals surface area contributed by atoms with E-state index in [0.29, 0.717) is 19.4 Å². The fourth-order valence-corrected chi connectivity index (χ4v) is 4.48. The summed E-state index contributed by atoms with van der Waals surface area (Å²) in [6, 6.07) is 25.4. The van der Waals surface area contributed by atoms with E-state index in [0.717, 1.165) is 16.7 Å². The molecule has 9 heteroatoms. The van der Waals surface area contributed by atoms with Gasteiger partial charge in [-0.15, -0.1) is 0 Å². The van der Waals surface area contributed by atoms with Crippen molar-refractivity contribution >= 4 is 23.7 Å². The maximum absolute atomic E-state index is 13.6. The minimum atomic E-state index is -0.996. The number of amides is 3. The van der Waals surface area contributed by atoms with Gasteiger partial charge in [-0.25, -0.2) is 4.79 Å². The smallest absolute Gasteiger partial charge is 0.408 e. The SMILES string of the molecule is C[C@H](NC(=O)OCc1ccccc1)C(=O)N[C@@H](Cc1ccccc1)C(=O)N[C@@H](CCc1ccccc1)C(=O)[C@@]1(C)CO1. The maximum atomic E-state index is 13.6. The van der Waals surface area contributed by atoms with Crippen LogP contribution in [-0.2, 0) is 43.3 Å². The Labute approximate surface area is 246 Å². The summed E-state index contributed by atoms with van der Waals surface area (Å²) in [4.78, 5) is 52.3. The van der Waals surface area contributed by atoms with Crippen molar-refractivity contribution in [3.8, 4) is 0 Å². The first-order valence-corrected chi connectivity index (χ1v) is 14.1. The van der Waals surface area contributed by atoms with Crippen molar-refractivity contribution in [2.45, 2.75) is 63.4 Å². The summed E-state index contributed by atoms with van der Waals surface area (Å²) in [6.07, 6.45) is 0.395. The summed E-state index contributed by atoms with van der Waals surface area (Å²) < 4.78 is 10.6. The van der Waals surface area contributed by atoms with Gasteiger partial charge in [0.15, 0.2) is 5.78 Å². The topological polar surface area (TPSA) is 126 Å². The number of benzene rings is 3. The van der Waals surface area contributed by atoms with Gasteiger partial charge in [0, 0.05) is 6.42 Å². The summed E-state index contributed by atoms with van der Waals surface area (Å²) in [6.45, 7) is 3.58. The summed E-state index contributed by atoms with van der Waals surface area (Å²) in [5.74, 6) is -1.26. The van der Waals surface area contributed by atoms with E-state index in [-0.39, 0.29) is 18.8 Å². The molecule has 0 aromatic heterocycles. The van der Waals surface area contributed by atoms with Crippen molar-refractivity contribution in [3.05, 3.63) is 108 Å². The van der Waals surface area contributed by atoms with Crippen molar-refractivity contribution < 1.29 is 28.7 Å². The molecular weight excluding hydrogens is 534 g/mol. The zero-order chi connectivity index (χ0) is 30.0. The zero-order valence-electron chi connectivity index (χ0n) is 23.9. The average molecular weight is 572 g/mol. The monoisotopic (exact) mass is 571 g/mol. The number of ketones is 1. The number of hydrogen-bond acceptors (Lipinski definition) is 6. The average Bonchev–Trinajstić information content (AvgIpc) is 3.77. The molecule has 3 aromatic carbocycles. The van der Waals surface area contributed by atoms with Gasteiger partial charge < -0.3 is 25.4 Å². The Kier molecular flexibility index (Phi) is 10.4. The van der Waals surface area contributed by atoms with E-state index in [9.17, 15) is 19.2 Å². The van der Waals surface area contributed by atoms with E-state index in [4.69, 9.17) is 9.47 Å². The van der Waals surface area contributed by atoms with Crippen molar-refractivity contribution in [2.24, 2.45) is 0 Å².